The Kier molecular flexibility index (Phi) is 5.81. The number of fused-ring (bicyclic) bond motifs is 1. The number of hydrogen-bond acceptors (Lipinski definition) is 4. The summed E-state index contributed by atoms with van der Waals surface area (Å²) in [6.45, 7) is 6.88. The van der Waals surface area contributed by atoms with Gasteiger partial charge in [-0.2, -0.15) is 5.26 Å². The second-order valence-electron chi connectivity index (χ2n) is 8.69. The van der Waals surface area contributed by atoms with Crippen molar-refractivity contribution in [2.75, 3.05) is 0 Å². The molecule has 0 bridgehead atoms. The highest BCUT2D eigenvalue weighted by molar-refractivity contribution is 7.16. The fraction of sp³-hybridized carbons (Fsp3) is 0.333. The van der Waals surface area contributed by atoms with E-state index in [9.17, 15) is 5.26 Å². The third-order valence-corrected chi connectivity index (χ3v) is 7.43. The van der Waals surface area contributed by atoms with Gasteiger partial charge in [-0.15, -0.1) is 11.3 Å². The van der Waals surface area contributed by atoms with E-state index in [1.807, 2.05) is 18.2 Å². The van der Waals surface area contributed by atoms with Crippen LogP contribution in [0.1, 0.15) is 49.0 Å². The van der Waals surface area contributed by atoms with Crippen LogP contribution in [0, 0.1) is 22.7 Å². The molecule has 2 aromatic heterocycles. The first-order chi connectivity index (χ1) is 14.3. The number of halogens is 2. The van der Waals surface area contributed by atoms with Crippen molar-refractivity contribution in [1.82, 2.24) is 0 Å². The molecule has 0 N–H and O–H groups in total. The molecule has 3 aromatic rings. The van der Waals surface area contributed by atoms with Crippen molar-refractivity contribution in [3.63, 3.8) is 0 Å². The molecule has 0 saturated carbocycles. The predicted molar refractivity (Wildman–Crippen MR) is 125 cm³/mol. The summed E-state index contributed by atoms with van der Waals surface area (Å²) in [7, 11) is 0. The topological polar surface area (TPSA) is 49.3 Å². The molecule has 6 heteroatoms. The Morgan fingerprint density at radius 2 is 2.03 bits per heavy atom. The molecule has 0 amide bonds. The quantitative estimate of drug-likeness (QED) is 0.373. The average Bonchev–Trinajstić information content (AvgIpc) is 3.29. The Morgan fingerprint density at radius 3 is 2.73 bits per heavy atom. The molecular formula is C24H22Cl2N2OS. The van der Waals surface area contributed by atoms with E-state index < -0.39 is 0 Å². The smallest absolute Gasteiger partial charge is 0.145 e. The van der Waals surface area contributed by atoms with Gasteiger partial charge < -0.3 is 4.42 Å². The summed E-state index contributed by atoms with van der Waals surface area (Å²) in [4.78, 5) is 5.91. The number of rotatable bonds is 3. The zero-order chi connectivity index (χ0) is 21.5. The van der Waals surface area contributed by atoms with Crippen molar-refractivity contribution in [3.8, 4) is 17.4 Å². The van der Waals surface area contributed by atoms with E-state index in [1.165, 1.54) is 10.4 Å². The SMILES string of the molecule is CC(C)(C)[C@H]1CCc2c(sc(N=Cc3ccc(-c4ccc(Cl)cc4Cl)o3)c2C#N)C1. The van der Waals surface area contributed by atoms with E-state index in [1.54, 1.807) is 29.7 Å². The summed E-state index contributed by atoms with van der Waals surface area (Å²) in [6.07, 6.45) is 4.76. The molecule has 1 atom stereocenters. The number of nitriles is 1. The third-order valence-electron chi connectivity index (χ3n) is 5.72. The summed E-state index contributed by atoms with van der Waals surface area (Å²) >= 11 is 13.9. The van der Waals surface area contributed by atoms with E-state index in [2.05, 4.69) is 31.8 Å². The van der Waals surface area contributed by atoms with Gasteiger partial charge in [0, 0.05) is 15.5 Å². The first-order valence-electron chi connectivity index (χ1n) is 9.90. The minimum absolute atomic E-state index is 0.269. The van der Waals surface area contributed by atoms with Crippen LogP contribution in [-0.2, 0) is 12.8 Å². The largest absolute Gasteiger partial charge is 0.455 e. The van der Waals surface area contributed by atoms with Crippen molar-refractivity contribution in [3.05, 3.63) is 62.1 Å². The first-order valence-corrected chi connectivity index (χ1v) is 11.5. The number of thiophene rings is 1. The van der Waals surface area contributed by atoms with Gasteiger partial charge in [0.25, 0.3) is 0 Å². The van der Waals surface area contributed by atoms with Crippen LogP contribution >= 0.6 is 34.5 Å². The van der Waals surface area contributed by atoms with Crippen LogP contribution in [0.2, 0.25) is 10.0 Å². The van der Waals surface area contributed by atoms with Crippen LogP contribution in [-0.4, -0.2) is 6.21 Å². The van der Waals surface area contributed by atoms with Crippen LogP contribution < -0.4 is 0 Å². The third kappa shape index (κ3) is 4.21. The van der Waals surface area contributed by atoms with Crippen LogP contribution in [0.25, 0.3) is 11.3 Å². The molecule has 0 saturated heterocycles. The van der Waals surface area contributed by atoms with Gasteiger partial charge in [0.1, 0.15) is 22.6 Å². The lowest BCUT2D eigenvalue weighted by molar-refractivity contribution is 0.218. The lowest BCUT2D eigenvalue weighted by atomic mass is 9.72. The summed E-state index contributed by atoms with van der Waals surface area (Å²) in [6, 6.07) is 11.4. The van der Waals surface area contributed by atoms with Gasteiger partial charge in [0.2, 0.25) is 0 Å². The molecule has 30 heavy (non-hydrogen) atoms. The highest BCUT2D eigenvalue weighted by Gasteiger charge is 2.32. The Labute approximate surface area is 191 Å². The van der Waals surface area contributed by atoms with E-state index in [0.717, 1.165) is 29.8 Å². The van der Waals surface area contributed by atoms with Gasteiger partial charge in [-0.1, -0.05) is 44.0 Å². The molecule has 0 fully saturated rings. The molecule has 0 aliphatic heterocycles. The van der Waals surface area contributed by atoms with Crippen LogP contribution in [0.4, 0.5) is 5.00 Å². The molecule has 1 aliphatic rings. The number of hydrogen-bond donors (Lipinski definition) is 0. The normalized spacial score (nSPS) is 16.6. The van der Waals surface area contributed by atoms with Crippen molar-refractivity contribution in [2.24, 2.45) is 16.3 Å². The number of nitrogens with zero attached hydrogens (tertiary/aromatic N) is 2. The molecule has 0 radical (unpaired) electrons. The maximum absolute atomic E-state index is 9.73. The maximum atomic E-state index is 9.73. The van der Waals surface area contributed by atoms with Crippen LogP contribution in [0.5, 0.6) is 0 Å². The zero-order valence-electron chi connectivity index (χ0n) is 17.1. The first kappa shape index (κ1) is 21.2. The monoisotopic (exact) mass is 456 g/mol. The molecule has 1 aliphatic carbocycles. The van der Waals surface area contributed by atoms with Gasteiger partial charge in [-0.3, -0.25) is 0 Å². The second-order valence-corrected chi connectivity index (χ2v) is 10.6. The molecule has 0 spiro atoms. The highest BCUT2D eigenvalue weighted by Crippen LogP contribution is 2.45. The number of benzene rings is 1. The standard InChI is InChI=1S/C24H22Cl2N2OS/c1-24(2,3)14-4-7-17-19(12-27)23(30-22(17)10-14)28-13-16-6-9-21(29-16)18-8-5-15(25)11-20(18)26/h5-6,8-9,11,13-14H,4,7,10H2,1-3H3/t14-/m0/s1. The molecule has 3 nitrogen and oxygen atoms in total. The molecular weight excluding hydrogens is 435 g/mol. The highest BCUT2D eigenvalue weighted by atomic mass is 35.5. The Hall–Kier alpha value is -2.06. The van der Waals surface area contributed by atoms with Gasteiger partial charge in [-0.05, 0) is 66.5 Å². The zero-order valence-corrected chi connectivity index (χ0v) is 19.5. The van der Waals surface area contributed by atoms with E-state index in [-0.39, 0.29) is 5.41 Å². The Morgan fingerprint density at radius 1 is 1.23 bits per heavy atom. The van der Waals surface area contributed by atoms with Gasteiger partial charge in [-0.25, -0.2) is 4.99 Å². The van der Waals surface area contributed by atoms with E-state index >= 15 is 0 Å². The predicted octanol–water partition coefficient (Wildman–Crippen LogP) is 8.09. The maximum Gasteiger partial charge on any atom is 0.145 e. The van der Waals surface area contributed by atoms with Crippen molar-refractivity contribution < 1.29 is 4.42 Å². The van der Waals surface area contributed by atoms with Crippen molar-refractivity contribution in [1.29, 1.82) is 5.26 Å². The lowest BCUT2D eigenvalue weighted by Crippen LogP contribution is -2.26. The fourth-order valence-corrected chi connectivity index (χ4v) is 5.62. The van der Waals surface area contributed by atoms with Crippen LogP contribution in [0.15, 0.2) is 39.7 Å². The molecule has 0 unspecified atom stereocenters. The summed E-state index contributed by atoms with van der Waals surface area (Å²) in [5, 5.41) is 11.6. The van der Waals surface area contributed by atoms with Crippen molar-refractivity contribution in [2.45, 2.75) is 40.0 Å². The van der Waals surface area contributed by atoms with Gasteiger partial charge in [0.15, 0.2) is 0 Å². The molecule has 2 heterocycles. The number of aliphatic imine (C=N–C) groups is 1. The van der Waals surface area contributed by atoms with E-state index in [4.69, 9.17) is 27.6 Å². The summed E-state index contributed by atoms with van der Waals surface area (Å²) in [5.41, 5.74) is 2.94. The van der Waals surface area contributed by atoms with Gasteiger partial charge >= 0.3 is 0 Å². The van der Waals surface area contributed by atoms with Crippen LogP contribution in [0.3, 0.4) is 0 Å². The summed E-state index contributed by atoms with van der Waals surface area (Å²) < 4.78 is 5.89. The molecule has 4 rings (SSSR count). The molecule has 154 valence electrons. The minimum atomic E-state index is 0.269. The van der Waals surface area contributed by atoms with Crippen molar-refractivity contribution >= 4 is 45.8 Å². The van der Waals surface area contributed by atoms with E-state index in [0.29, 0.717) is 33.0 Å². The van der Waals surface area contributed by atoms with Gasteiger partial charge in [0.05, 0.1) is 16.8 Å². The summed E-state index contributed by atoms with van der Waals surface area (Å²) in [5.74, 6) is 1.89. The minimum Gasteiger partial charge on any atom is -0.455 e. The number of furan rings is 1. The fourth-order valence-electron chi connectivity index (χ4n) is 3.90. The average molecular weight is 457 g/mol. The Bertz CT molecular complexity index is 1160. The Balaban J connectivity index is 1.59. The molecule has 1 aromatic carbocycles. The second kappa shape index (κ2) is 8.23. The lowest BCUT2D eigenvalue weighted by Gasteiger charge is -2.33.